The highest BCUT2D eigenvalue weighted by Gasteiger charge is 1.89. The average Bonchev–Trinajstić information content (AvgIpc) is 1.90. The minimum atomic E-state index is 0.126. The van der Waals surface area contributed by atoms with Crippen LogP contribution in [-0.4, -0.2) is 9.97 Å². The molecule has 0 radical (unpaired) electrons. The van der Waals surface area contributed by atoms with E-state index in [1.54, 1.807) is 6.92 Å². The van der Waals surface area contributed by atoms with Gasteiger partial charge in [-0.3, -0.25) is 4.98 Å². The zero-order chi connectivity index (χ0) is 6.69. The quantitative estimate of drug-likeness (QED) is 0.527. The van der Waals surface area contributed by atoms with Crippen LogP contribution in [0.2, 0.25) is 0 Å². The largest absolute Gasteiger partial charge is 0.256 e. The van der Waals surface area contributed by atoms with Crippen LogP contribution in [0.15, 0.2) is 17.6 Å². The summed E-state index contributed by atoms with van der Waals surface area (Å²) in [4.78, 5) is 17.2. The van der Waals surface area contributed by atoms with Crippen molar-refractivity contribution in [2.24, 2.45) is 5.18 Å². The third-order valence-electron chi connectivity index (χ3n) is 0.861. The SMILES string of the molecule is Cc1cnc(N=O)cn1. The Labute approximate surface area is 51.9 Å². The lowest BCUT2D eigenvalue weighted by atomic mass is 10.5. The monoisotopic (exact) mass is 123 g/mol. The van der Waals surface area contributed by atoms with Crippen LogP contribution in [0, 0.1) is 11.8 Å². The highest BCUT2D eigenvalue weighted by molar-refractivity contribution is 5.21. The van der Waals surface area contributed by atoms with Crippen molar-refractivity contribution in [3.63, 3.8) is 0 Å². The Bertz CT molecular complexity index is 206. The predicted molar refractivity (Wildman–Crippen MR) is 32.2 cm³/mol. The zero-order valence-corrected chi connectivity index (χ0v) is 4.90. The topological polar surface area (TPSA) is 55.2 Å². The second-order valence-electron chi connectivity index (χ2n) is 1.61. The van der Waals surface area contributed by atoms with E-state index in [1.165, 1.54) is 12.4 Å². The minimum absolute atomic E-state index is 0.126. The maximum absolute atomic E-state index is 9.77. The van der Waals surface area contributed by atoms with Crippen molar-refractivity contribution >= 4 is 5.82 Å². The standard InChI is InChI=1S/C5H5N3O/c1-4-2-7-5(8-9)3-6-4/h2-3H,1H3. The summed E-state index contributed by atoms with van der Waals surface area (Å²) in [6.45, 7) is 1.79. The van der Waals surface area contributed by atoms with Gasteiger partial charge in [-0.05, 0) is 12.1 Å². The van der Waals surface area contributed by atoms with Gasteiger partial charge in [0.2, 0.25) is 5.82 Å². The van der Waals surface area contributed by atoms with E-state index in [9.17, 15) is 4.91 Å². The molecule has 1 aromatic heterocycles. The Morgan fingerprint density at radius 1 is 1.44 bits per heavy atom. The van der Waals surface area contributed by atoms with E-state index in [-0.39, 0.29) is 5.82 Å². The third-order valence-corrected chi connectivity index (χ3v) is 0.861. The molecule has 0 aromatic carbocycles. The van der Waals surface area contributed by atoms with Gasteiger partial charge in [0, 0.05) is 0 Å². The molecule has 0 aliphatic carbocycles. The summed E-state index contributed by atoms with van der Waals surface area (Å²) in [5, 5.41) is 2.59. The van der Waals surface area contributed by atoms with Crippen LogP contribution in [0.5, 0.6) is 0 Å². The summed E-state index contributed by atoms with van der Waals surface area (Å²) in [6.07, 6.45) is 2.83. The molecule has 4 heteroatoms. The van der Waals surface area contributed by atoms with Crippen LogP contribution in [-0.2, 0) is 0 Å². The molecule has 0 amide bonds. The fourth-order valence-electron chi connectivity index (χ4n) is 0.433. The molecule has 1 aromatic rings. The van der Waals surface area contributed by atoms with Crippen LogP contribution in [0.3, 0.4) is 0 Å². The van der Waals surface area contributed by atoms with Crippen molar-refractivity contribution in [3.8, 4) is 0 Å². The molecule has 46 valence electrons. The summed E-state index contributed by atoms with van der Waals surface area (Å²) >= 11 is 0. The van der Waals surface area contributed by atoms with E-state index in [0.717, 1.165) is 5.69 Å². The van der Waals surface area contributed by atoms with Gasteiger partial charge in [0.15, 0.2) is 0 Å². The van der Waals surface area contributed by atoms with Gasteiger partial charge < -0.3 is 0 Å². The van der Waals surface area contributed by atoms with Crippen LogP contribution in [0.1, 0.15) is 5.69 Å². The maximum atomic E-state index is 9.77. The smallest absolute Gasteiger partial charge is 0.214 e. The van der Waals surface area contributed by atoms with Crippen LogP contribution in [0.4, 0.5) is 5.82 Å². The maximum Gasteiger partial charge on any atom is 0.214 e. The summed E-state index contributed by atoms with van der Waals surface area (Å²) in [5.74, 6) is 0.126. The molecule has 0 unspecified atom stereocenters. The highest BCUT2D eigenvalue weighted by atomic mass is 16.3. The van der Waals surface area contributed by atoms with E-state index in [1.807, 2.05) is 0 Å². The Kier molecular flexibility index (Phi) is 1.48. The normalized spacial score (nSPS) is 9.00. The molecule has 0 aliphatic rings. The van der Waals surface area contributed by atoms with E-state index < -0.39 is 0 Å². The van der Waals surface area contributed by atoms with Crippen molar-refractivity contribution in [2.75, 3.05) is 0 Å². The average molecular weight is 123 g/mol. The minimum Gasteiger partial charge on any atom is -0.256 e. The molecule has 9 heavy (non-hydrogen) atoms. The molecular weight excluding hydrogens is 118 g/mol. The van der Waals surface area contributed by atoms with Gasteiger partial charge in [-0.15, -0.1) is 4.91 Å². The molecule has 1 heterocycles. The first kappa shape index (κ1) is 5.81. The van der Waals surface area contributed by atoms with Crippen LogP contribution < -0.4 is 0 Å². The summed E-state index contributed by atoms with van der Waals surface area (Å²) in [6, 6.07) is 0. The van der Waals surface area contributed by atoms with Gasteiger partial charge >= 0.3 is 0 Å². The lowest BCUT2D eigenvalue weighted by Gasteiger charge is -1.86. The van der Waals surface area contributed by atoms with Crippen molar-refractivity contribution in [2.45, 2.75) is 6.92 Å². The summed E-state index contributed by atoms with van der Waals surface area (Å²) in [5.41, 5.74) is 0.780. The first-order valence-corrected chi connectivity index (χ1v) is 2.45. The molecule has 0 fully saturated rings. The highest BCUT2D eigenvalue weighted by Crippen LogP contribution is 2.01. The fraction of sp³-hybridized carbons (Fsp3) is 0.200. The van der Waals surface area contributed by atoms with Gasteiger partial charge in [0.1, 0.15) is 0 Å². The number of hydrogen-bond donors (Lipinski definition) is 0. The number of aryl methyl sites for hydroxylation is 1. The zero-order valence-electron chi connectivity index (χ0n) is 4.90. The number of nitroso groups, excluding NO2 is 1. The number of nitrogens with zero attached hydrogens (tertiary/aromatic N) is 3. The van der Waals surface area contributed by atoms with Gasteiger partial charge in [0.05, 0.1) is 18.1 Å². The Balaban J connectivity index is 3.01. The second kappa shape index (κ2) is 2.30. The molecule has 4 nitrogen and oxygen atoms in total. The lowest BCUT2D eigenvalue weighted by molar-refractivity contribution is 1.10. The molecule has 0 bridgehead atoms. The number of rotatable bonds is 1. The van der Waals surface area contributed by atoms with Crippen molar-refractivity contribution < 1.29 is 0 Å². The van der Waals surface area contributed by atoms with E-state index in [0.29, 0.717) is 0 Å². The summed E-state index contributed by atoms with van der Waals surface area (Å²) < 4.78 is 0. The molecule has 0 saturated carbocycles. The first-order chi connectivity index (χ1) is 4.33. The van der Waals surface area contributed by atoms with E-state index >= 15 is 0 Å². The van der Waals surface area contributed by atoms with Gasteiger partial charge in [-0.25, -0.2) is 4.98 Å². The number of aromatic nitrogens is 2. The molecule has 0 N–H and O–H groups in total. The van der Waals surface area contributed by atoms with E-state index in [4.69, 9.17) is 0 Å². The molecule has 0 aliphatic heterocycles. The van der Waals surface area contributed by atoms with E-state index in [2.05, 4.69) is 15.1 Å². The predicted octanol–water partition coefficient (Wildman–Crippen LogP) is 1.18. The molecular formula is C5H5N3O. The molecule has 1 rings (SSSR count). The summed E-state index contributed by atoms with van der Waals surface area (Å²) in [7, 11) is 0. The van der Waals surface area contributed by atoms with Crippen molar-refractivity contribution in [3.05, 3.63) is 23.0 Å². The third kappa shape index (κ3) is 1.28. The Hall–Kier alpha value is -1.32. The van der Waals surface area contributed by atoms with Crippen molar-refractivity contribution in [1.82, 2.24) is 9.97 Å². The second-order valence-corrected chi connectivity index (χ2v) is 1.61. The van der Waals surface area contributed by atoms with Gasteiger partial charge in [0.25, 0.3) is 0 Å². The molecule has 0 atom stereocenters. The molecule has 0 spiro atoms. The van der Waals surface area contributed by atoms with Gasteiger partial charge in [-0.1, -0.05) is 0 Å². The Morgan fingerprint density at radius 2 is 2.22 bits per heavy atom. The Morgan fingerprint density at radius 3 is 2.67 bits per heavy atom. The number of hydrogen-bond acceptors (Lipinski definition) is 4. The van der Waals surface area contributed by atoms with Crippen molar-refractivity contribution in [1.29, 1.82) is 0 Å². The first-order valence-electron chi connectivity index (χ1n) is 2.45. The molecule has 0 saturated heterocycles. The lowest BCUT2D eigenvalue weighted by Crippen LogP contribution is -1.80. The van der Waals surface area contributed by atoms with Gasteiger partial charge in [-0.2, -0.15) is 0 Å². The fourth-order valence-corrected chi connectivity index (χ4v) is 0.433. The van der Waals surface area contributed by atoms with Crippen LogP contribution >= 0.6 is 0 Å². The van der Waals surface area contributed by atoms with Crippen LogP contribution in [0.25, 0.3) is 0 Å².